The van der Waals surface area contributed by atoms with Gasteiger partial charge in [-0.05, 0) is 56.9 Å². The average molecular weight is 329 g/mol. The van der Waals surface area contributed by atoms with E-state index >= 15 is 0 Å². The maximum absolute atomic E-state index is 6.11. The summed E-state index contributed by atoms with van der Waals surface area (Å²) < 4.78 is 1.91. The Morgan fingerprint density at radius 2 is 2.00 bits per heavy atom. The molecule has 0 bridgehead atoms. The predicted octanol–water partition coefficient (Wildman–Crippen LogP) is 1.51. The van der Waals surface area contributed by atoms with Crippen molar-refractivity contribution in [1.82, 2.24) is 20.4 Å². The molecule has 1 aromatic heterocycles. The summed E-state index contributed by atoms with van der Waals surface area (Å²) in [6, 6.07) is 0.385. The van der Waals surface area contributed by atoms with Crippen LogP contribution < -0.4 is 16.4 Å². The highest BCUT2D eigenvalue weighted by Gasteiger charge is 2.48. The minimum absolute atomic E-state index is 0.277. The first-order valence-electron chi connectivity index (χ1n) is 8.98. The average Bonchev–Trinajstić information content (AvgIpc) is 3.44. The molecule has 2 aliphatic carbocycles. The lowest BCUT2D eigenvalue weighted by atomic mass is 9.96. The number of aliphatic imine (C=N–C) groups is 2. The molecular formula is C17H27N7. The van der Waals surface area contributed by atoms with E-state index in [1.807, 2.05) is 24.0 Å². The van der Waals surface area contributed by atoms with E-state index in [0.29, 0.717) is 23.9 Å². The largest absolute Gasteiger partial charge is 0.368 e. The maximum Gasteiger partial charge on any atom is 0.235 e. The molecule has 24 heavy (non-hydrogen) atoms. The summed E-state index contributed by atoms with van der Waals surface area (Å²) in [6.45, 7) is 6.47. The first-order chi connectivity index (χ1) is 11.5. The van der Waals surface area contributed by atoms with Crippen LogP contribution in [0.3, 0.4) is 0 Å². The Hall–Kier alpha value is -2.05. The zero-order chi connectivity index (χ0) is 16.9. The topological polar surface area (TPSA) is 92.6 Å². The van der Waals surface area contributed by atoms with E-state index in [1.54, 1.807) is 0 Å². The van der Waals surface area contributed by atoms with E-state index in [4.69, 9.17) is 10.7 Å². The van der Waals surface area contributed by atoms with Gasteiger partial charge in [0.05, 0.1) is 6.20 Å². The molecule has 1 unspecified atom stereocenters. The molecule has 4 N–H and O–H groups in total. The van der Waals surface area contributed by atoms with Crippen molar-refractivity contribution in [2.75, 3.05) is 0 Å². The summed E-state index contributed by atoms with van der Waals surface area (Å²) in [6.07, 6.45) is 8.92. The van der Waals surface area contributed by atoms with Crippen molar-refractivity contribution in [3.8, 4) is 0 Å². The van der Waals surface area contributed by atoms with Crippen molar-refractivity contribution < 1.29 is 0 Å². The summed E-state index contributed by atoms with van der Waals surface area (Å²) in [4.78, 5) is 9.14. The van der Waals surface area contributed by atoms with E-state index in [0.717, 1.165) is 11.5 Å². The van der Waals surface area contributed by atoms with Crippen LogP contribution in [0, 0.1) is 24.7 Å². The number of aryl methyl sites for hydroxylation is 1. The van der Waals surface area contributed by atoms with Gasteiger partial charge >= 0.3 is 0 Å². The van der Waals surface area contributed by atoms with Crippen LogP contribution in [0.25, 0.3) is 0 Å². The van der Waals surface area contributed by atoms with Gasteiger partial charge in [-0.2, -0.15) is 10.1 Å². The lowest BCUT2D eigenvalue weighted by Crippen LogP contribution is -2.61. The summed E-state index contributed by atoms with van der Waals surface area (Å²) >= 11 is 0. The number of nitrogens with zero attached hydrogens (tertiary/aromatic N) is 4. The van der Waals surface area contributed by atoms with Crippen molar-refractivity contribution in [1.29, 1.82) is 0 Å². The quantitative estimate of drug-likeness (QED) is 0.763. The highest BCUT2D eigenvalue weighted by Crippen LogP contribution is 2.44. The molecule has 0 spiro atoms. The Labute approximate surface area is 142 Å². The normalized spacial score (nSPS) is 29.3. The third kappa shape index (κ3) is 2.76. The zero-order valence-corrected chi connectivity index (χ0v) is 14.7. The van der Waals surface area contributed by atoms with Gasteiger partial charge in [-0.25, -0.2) is 9.67 Å². The van der Waals surface area contributed by atoms with Crippen LogP contribution in [0.15, 0.2) is 22.4 Å². The van der Waals surface area contributed by atoms with Crippen LogP contribution in [-0.4, -0.2) is 27.7 Å². The fourth-order valence-corrected chi connectivity index (χ4v) is 3.60. The lowest BCUT2D eigenvalue weighted by molar-refractivity contribution is 0.126. The van der Waals surface area contributed by atoms with Crippen molar-refractivity contribution in [2.45, 2.75) is 58.3 Å². The van der Waals surface area contributed by atoms with Crippen LogP contribution in [0.1, 0.15) is 45.1 Å². The molecule has 2 heterocycles. The number of hydrogen-bond acceptors (Lipinski definition) is 6. The number of nitrogens with two attached hydrogens (primary N) is 1. The van der Waals surface area contributed by atoms with Crippen molar-refractivity contribution >= 4 is 11.9 Å². The molecule has 3 aliphatic rings. The Balaban J connectivity index is 1.66. The molecule has 130 valence electrons. The molecule has 0 radical (unpaired) electrons. The van der Waals surface area contributed by atoms with E-state index in [2.05, 4.69) is 34.6 Å². The highest BCUT2D eigenvalue weighted by atomic mass is 15.5. The van der Waals surface area contributed by atoms with Crippen LogP contribution >= 0.6 is 0 Å². The number of hydrogen-bond donors (Lipinski definition) is 3. The van der Waals surface area contributed by atoms with Gasteiger partial charge in [0, 0.05) is 18.2 Å². The van der Waals surface area contributed by atoms with Gasteiger partial charge in [0.2, 0.25) is 17.7 Å². The molecular weight excluding hydrogens is 302 g/mol. The Bertz CT molecular complexity index is 683. The molecule has 7 nitrogen and oxygen atoms in total. The highest BCUT2D eigenvalue weighted by molar-refractivity contribution is 5.96. The molecule has 1 aromatic rings. The van der Waals surface area contributed by atoms with Crippen molar-refractivity contribution in [3.05, 3.63) is 18.0 Å². The minimum atomic E-state index is -0.702. The monoisotopic (exact) mass is 329 g/mol. The molecule has 1 aliphatic heterocycles. The second kappa shape index (κ2) is 5.50. The minimum Gasteiger partial charge on any atom is -0.368 e. The Morgan fingerprint density at radius 1 is 1.29 bits per heavy atom. The predicted molar refractivity (Wildman–Crippen MR) is 94.3 cm³/mol. The summed E-state index contributed by atoms with van der Waals surface area (Å²) in [5.74, 6) is 1.96. The van der Waals surface area contributed by atoms with Crippen LogP contribution in [0.2, 0.25) is 0 Å². The summed E-state index contributed by atoms with van der Waals surface area (Å²) in [7, 11) is 0. The maximum atomic E-state index is 6.11. The Morgan fingerprint density at radius 3 is 2.58 bits per heavy atom. The van der Waals surface area contributed by atoms with Crippen LogP contribution in [0.4, 0.5) is 0 Å². The zero-order valence-electron chi connectivity index (χ0n) is 14.7. The number of rotatable bonds is 5. The number of nitrogens with one attached hydrogen (secondary N) is 2. The van der Waals surface area contributed by atoms with Gasteiger partial charge < -0.3 is 16.4 Å². The van der Waals surface area contributed by atoms with Gasteiger partial charge in [0.25, 0.3) is 0 Å². The number of aromatic nitrogens is 2. The summed E-state index contributed by atoms with van der Waals surface area (Å²) in [5, 5.41) is 11.6. The molecule has 2 fully saturated rings. The smallest absolute Gasteiger partial charge is 0.235 e. The van der Waals surface area contributed by atoms with Crippen molar-refractivity contribution in [3.63, 3.8) is 0 Å². The third-order valence-corrected chi connectivity index (χ3v) is 5.53. The van der Waals surface area contributed by atoms with E-state index in [-0.39, 0.29) is 5.92 Å². The van der Waals surface area contributed by atoms with Gasteiger partial charge in [0.15, 0.2) is 0 Å². The fraction of sp³-hybridized carbons (Fsp3) is 0.706. The van der Waals surface area contributed by atoms with Gasteiger partial charge in [0.1, 0.15) is 0 Å². The molecule has 3 atom stereocenters. The van der Waals surface area contributed by atoms with E-state index in [1.165, 1.54) is 25.7 Å². The second-order valence-electron chi connectivity index (χ2n) is 7.64. The van der Waals surface area contributed by atoms with Gasteiger partial charge in [-0.15, -0.1) is 0 Å². The van der Waals surface area contributed by atoms with Crippen LogP contribution in [0.5, 0.6) is 0 Å². The lowest BCUT2D eigenvalue weighted by Gasteiger charge is -2.40. The second-order valence-corrected chi connectivity index (χ2v) is 7.64. The molecule has 0 aromatic carbocycles. The van der Waals surface area contributed by atoms with Crippen molar-refractivity contribution in [2.24, 2.45) is 33.5 Å². The van der Waals surface area contributed by atoms with E-state index in [9.17, 15) is 0 Å². The fourth-order valence-electron chi connectivity index (χ4n) is 3.60. The van der Waals surface area contributed by atoms with Gasteiger partial charge in [-0.1, -0.05) is 6.92 Å². The van der Waals surface area contributed by atoms with E-state index < -0.39 is 5.79 Å². The third-order valence-electron chi connectivity index (χ3n) is 5.53. The molecule has 7 heteroatoms. The first-order valence-corrected chi connectivity index (χ1v) is 8.98. The molecule has 2 saturated carbocycles. The first kappa shape index (κ1) is 15.5. The summed E-state index contributed by atoms with van der Waals surface area (Å²) in [5.41, 5.74) is 7.22. The molecule has 4 rings (SSSR count). The number of guanidine groups is 2. The SMILES string of the molecule is Cc1cnn(C2([C@H](C)C3CC3)N=C(N)N=C(N[C@H](C)C3CC3)N2)c1. The standard InChI is InChI=1S/C17H27N7/c1-10-8-19-24(9-10)17(11(2)13-4-5-13)22-15(18)21-16(23-17)20-12(3)14-6-7-14/h8-9,11-14H,4-7H2,1-3H3,(H4,18,20,21,22,23)/t11-,12-,17?/m1/s1. The van der Waals surface area contributed by atoms with Gasteiger partial charge in [-0.3, -0.25) is 0 Å². The van der Waals surface area contributed by atoms with Crippen LogP contribution in [-0.2, 0) is 5.79 Å². The molecule has 0 saturated heterocycles. The Kier molecular flexibility index (Phi) is 3.54. The molecule has 0 amide bonds.